The van der Waals surface area contributed by atoms with Crippen molar-refractivity contribution < 1.29 is 0 Å². The second-order valence-electron chi connectivity index (χ2n) is 7.09. The maximum absolute atomic E-state index is 4.58. The molecule has 1 saturated heterocycles. The standard InChI is InChI=1S/C20H26N4/c1-21-20(24-13-16-7-2-3-8-17(16)14-24)23-12-19-18-9-5-4-6-15(18)10-11-22-19/h4-6,9-11,16-17H,2-3,7-8,12-14H2,1H3,(H,21,23). The number of rotatable bonds is 2. The molecule has 2 heterocycles. The zero-order valence-electron chi connectivity index (χ0n) is 14.4. The smallest absolute Gasteiger partial charge is 0.193 e. The van der Waals surface area contributed by atoms with E-state index in [9.17, 15) is 0 Å². The SMILES string of the molecule is CN=C(NCc1nccc2ccccc12)N1CC2CCCCC2C1. The Hall–Kier alpha value is -2.10. The van der Waals surface area contributed by atoms with Gasteiger partial charge < -0.3 is 10.2 Å². The van der Waals surface area contributed by atoms with Gasteiger partial charge in [-0.25, -0.2) is 0 Å². The number of aromatic nitrogens is 1. The number of likely N-dealkylation sites (tertiary alicyclic amines) is 1. The molecule has 24 heavy (non-hydrogen) atoms. The predicted octanol–water partition coefficient (Wildman–Crippen LogP) is 3.43. The van der Waals surface area contributed by atoms with Gasteiger partial charge in [0.2, 0.25) is 0 Å². The average Bonchev–Trinajstić information content (AvgIpc) is 3.06. The molecular weight excluding hydrogens is 296 g/mol. The summed E-state index contributed by atoms with van der Waals surface area (Å²) >= 11 is 0. The van der Waals surface area contributed by atoms with Crippen molar-refractivity contribution in [3.63, 3.8) is 0 Å². The Labute approximate surface area is 144 Å². The van der Waals surface area contributed by atoms with E-state index in [1.807, 2.05) is 13.2 Å². The first-order valence-corrected chi connectivity index (χ1v) is 9.13. The highest BCUT2D eigenvalue weighted by Crippen LogP contribution is 2.35. The van der Waals surface area contributed by atoms with E-state index in [1.165, 1.54) is 36.5 Å². The molecule has 4 rings (SSSR count). The van der Waals surface area contributed by atoms with Crippen LogP contribution in [0.25, 0.3) is 10.8 Å². The highest BCUT2D eigenvalue weighted by Gasteiger charge is 2.35. The van der Waals surface area contributed by atoms with Crippen LogP contribution in [0.2, 0.25) is 0 Å². The lowest BCUT2D eigenvalue weighted by Crippen LogP contribution is -2.40. The van der Waals surface area contributed by atoms with Crippen molar-refractivity contribution in [2.75, 3.05) is 20.1 Å². The van der Waals surface area contributed by atoms with Gasteiger partial charge in [-0.15, -0.1) is 0 Å². The van der Waals surface area contributed by atoms with Crippen LogP contribution >= 0.6 is 0 Å². The number of nitrogens with one attached hydrogen (secondary N) is 1. The predicted molar refractivity (Wildman–Crippen MR) is 99.0 cm³/mol. The van der Waals surface area contributed by atoms with Gasteiger partial charge in [0.05, 0.1) is 12.2 Å². The molecule has 2 unspecified atom stereocenters. The van der Waals surface area contributed by atoms with Crippen molar-refractivity contribution in [1.29, 1.82) is 0 Å². The second-order valence-corrected chi connectivity index (χ2v) is 7.09. The Kier molecular flexibility index (Phi) is 4.37. The summed E-state index contributed by atoms with van der Waals surface area (Å²) in [6.07, 6.45) is 7.49. The van der Waals surface area contributed by atoms with Gasteiger partial charge in [-0.3, -0.25) is 9.98 Å². The van der Waals surface area contributed by atoms with Gasteiger partial charge in [0.25, 0.3) is 0 Å². The Morgan fingerprint density at radius 1 is 1.17 bits per heavy atom. The molecular formula is C20H26N4. The number of hydrogen-bond donors (Lipinski definition) is 1. The fourth-order valence-corrected chi connectivity index (χ4v) is 4.40. The minimum atomic E-state index is 0.722. The molecule has 0 bridgehead atoms. The van der Waals surface area contributed by atoms with E-state index >= 15 is 0 Å². The number of benzene rings is 1. The van der Waals surface area contributed by atoms with E-state index in [0.717, 1.165) is 43.1 Å². The zero-order chi connectivity index (χ0) is 16.4. The van der Waals surface area contributed by atoms with Crippen LogP contribution in [0.4, 0.5) is 0 Å². The van der Waals surface area contributed by atoms with Crippen LogP contribution in [-0.4, -0.2) is 36.0 Å². The number of fused-ring (bicyclic) bond motifs is 2. The highest BCUT2D eigenvalue weighted by molar-refractivity contribution is 5.85. The quantitative estimate of drug-likeness (QED) is 0.680. The average molecular weight is 322 g/mol. The lowest BCUT2D eigenvalue weighted by atomic mass is 9.82. The normalized spacial score (nSPS) is 24.2. The first kappa shape index (κ1) is 15.4. The van der Waals surface area contributed by atoms with Crippen LogP contribution in [-0.2, 0) is 6.54 Å². The summed E-state index contributed by atoms with van der Waals surface area (Å²) in [5.41, 5.74) is 1.09. The molecule has 4 heteroatoms. The molecule has 2 fully saturated rings. The number of nitrogens with zero attached hydrogens (tertiary/aromatic N) is 3. The summed E-state index contributed by atoms with van der Waals surface area (Å²) in [6, 6.07) is 10.5. The van der Waals surface area contributed by atoms with E-state index in [1.54, 1.807) is 0 Å². The summed E-state index contributed by atoms with van der Waals surface area (Å²) in [5, 5.41) is 6.01. The summed E-state index contributed by atoms with van der Waals surface area (Å²) in [5.74, 6) is 2.76. The number of aliphatic imine (C=N–C) groups is 1. The lowest BCUT2D eigenvalue weighted by molar-refractivity contribution is 0.299. The molecule has 1 aliphatic heterocycles. The van der Waals surface area contributed by atoms with E-state index in [2.05, 4.69) is 50.5 Å². The third-order valence-electron chi connectivity index (χ3n) is 5.66. The Bertz CT molecular complexity index is 720. The topological polar surface area (TPSA) is 40.5 Å². The van der Waals surface area contributed by atoms with Gasteiger partial charge in [-0.05, 0) is 36.1 Å². The minimum absolute atomic E-state index is 0.722. The molecule has 2 atom stereocenters. The maximum atomic E-state index is 4.58. The molecule has 1 aromatic carbocycles. The van der Waals surface area contributed by atoms with Crippen LogP contribution in [0.3, 0.4) is 0 Å². The van der Waals surface area contributed by atoms with Crippen molar-refractivity contribution in [3.8, 4) is 0 Å². The van der Waals surface area contributed by atoms with Crippen LogP contribution in [0.15, 0.2) is 41.5 Å². The fraction of sp³-hybridized carbons (Fsp3) is 0.500. The van der Waals surface area contributed by atoms with Crippen LogP contribution in [0.5, 0.6) is 0 Å². The Morgan fingerprint density at radius 2 is 1.92 bits per heavy atom. The van der Waals surface area contributed by atoms with Crippen molar-refractivity contribution >= 4 is 16.7 Å². The summed E-state index contributed by atoms with van der Waals surface area (Å²) in [4.78, 5) is 11.6. The molecule has 4 nitrogen and oxygen atoms in total. The van der Waals surface area contributed by atoms with Gasteiger partial charge in [0.1, 0.15) is 0 Å². The molecule has 2 aromatic rings. The molecule has 0 spiro atoms. The third kappa shape index (κ3) is 2.97. The Morgan fingerprint density at radius 3 is 2.67 bits per heavy atom. The van der Waals surface area contributed by atoms with Crippen molar-refractivity contribution in [2.24, 2.45) is 16.8 Å². The first-order valence-electron chi connectivity index (χ1n) is 9.13. The Balaban J connectivity index is 1.46. The number of pyridine rings is 1. The molecule has 1 saturated carbocycles. The molecule has 0 amide bonds. The number of hydrogen-bond acceptors (Lipinski definition) is 2. The van der Waals surface area contributed by atoms with E-state index in [0.29, 0.717) is 0 Å². The molecule has 0 radical (unpaired) electrons. The van der Waals surface area contributed by atoms with Crippen LogP contribution < -0.4 is 5.32 Å². The molecule has 1 N–H and O–H groups in total. The van der Waals surface area contributed by atoms with Crippen LogP contribution in [0, 0.1) is 11.8 Å². The van der Waals surface area contributed by atoms with Crippen molar-refractivity contribution in [3.05, 3.63) is 42.2 Å². The highest BCUT2D eigenvalue weighted by atomic mass is 15.3. The van der Waals surface area contributed by atoms with Gasteiger partial charge in [0.15, 0.2) is 5.96 Å². The van der Waals surface area contributed by atoms with Crippen molar-refractivity contribution in [1.82, 2.24) is 15.2 Å². The number of guanidine groups is 1. The van der Waals surface area contributed by atoms with E-state index in [4.69, 9.17) is 0 Å². The van der Waals surface area contributed by atoms with E-state index < -0.39 is 0 Å². The first-order chi connectivity index (χ1) is 11.8. The molecule has 1 aliphatic carbocycles. The maximum Gasteiger partial charge on any atom is 0.193 e. The van der Waals surface area contributed by atoms with Gasteiger partial charge >= 0.3 is 0 Å². The summed E-state index contributed by atoms with van der Waals surface area (Å²) in [6.45, 7) is 3.04. The lowest BCUT2D eigenvalue weighted by Gasteiger charge is -2.22. The second kappa shape index (κ2) is 6.80. The minimum Gasteiger partial charge on any atom is -0.351 e. The molecule has 126 valence electrons. The zero-order valence-corrected chi connectivity index (χ0v) is 14.4. The molecule has 1 aromatic heterocycles. The molecule has 2 aliphatic rings. The fourth-order valence-electron chi connectivity index (χ4n) is 4.40. The van der Waals surface area contributed by atoms with Crippen molar-refractivity contribution in [2.45, 2.75) is 32.2 Å². The van der Waals surface area contributed by atoms with Gasteiger partial charge in [-0.2, -0.15) is 0 Å². The van der Waals surface area contributed by atoms with Gasteiger partial charge in [-0.1, -0.05) is 37.1 Å². The monoisotopic (exact) mass is 322 g/mol. The summed E-state index contributed by atoms with van der Waals surface area (Å²) < 4.78 is 0. The third-order valence-corrected chi connectivity index (χ3v) is 5.66. The van der Waals surface area contributed by atoms with E-state index in [-0.39, 0.29) is 0 Å². The van der Waals surface area contributed by atoms with Crippen LogP contribution in [0.1, 0.15) is 31.4 Å². The summed E-state index contributed by atoms with van der Waals surface area (Å²) in [7, 11) is 1.89. The largest absolute Gasteiger partial charge is 0.351 e. The van der Waals surface area contributed by atoms with Gasteiger partial charge in [0, 0.05) is 31.7 Å².